The van der Waals surface area contributed by atoms with Gasteiger partial charge in [-0.05, 0) is 62.3 Å². The van der Waals surface area contributed by atoms with Crippen molar-refractivity contribution < 1.29 is 4.74 Å². The van der Waals surface area contributed by atoms with Crippen LogP contribution in [-0.2, 0) is 4.74 Å². The minimum atomic E-state index is 0.729. The molecule has 0 aromatic carbocycles. The van der Waals surface area contributed by atoms with E-state index in [-0.39, 0.29) is 0 Å². The van der Waals surface area contributed by atoms with Crippen LogP contribution in [0.25, 0.3) is 0 Å². The van der Waals surface area contributed by atoms with Gasteiger partial charge < -0.3 is 10.1 Å². The summed E-state index contributed by atoms with van der Waals surface area (Å²) in [5.41, 5.74) is 0. The monoisotopic (exact) mass is 253 g/mol. The number of hydrogen-bond donors (Lipinski definition) is 1. The van der Waals surface area contributed by atoms with Gasteiger partial charge in [0.05, 0.1) is 0 Å². The van der Waals surface area contributed by atoms with Gasteiger partial charge in [-0.3, -0.25) is 0 Å². The molecular formula is C16H31NO. The number of rotatable bonds is 5. The third kappa shape index (κ3) is 3.96. The van der Waals surface area contributed by atoms with Gasteiger partial charge in [0.1, 0.15) is 0 Å². The van der Waals surface area contributed by atoms with E-state index in [1.165, 1.54) is 32.1 Å². The fraction of sp³-hybridized carbons (Fsp3) is 1.00. The number of nitrogens with one attached hydrogen (secondary N) is 1. The van der Waals surface area contributed by atoms with Crippen molar-refractivity contribution in [2.24, 2.45) is 23.7 Å². The lowest BCUT2D eigenvalue weighted by atomic mass is 9.72. The van der Waals surface area contributed by atoms with Crippen LogP contribution in [0.3, 0.4) is 0 Å². The predicted molar refractivity (Wildman–Crippen MR) is 76.7 cm³/mol. The van der Waals surface area contributed by atoms with Crippen molar-refractivity contribution in [3.63, 3.8) is 0 Å². The lowest BCUT2D eigenvalue weighted by Crippen LogP contribution is -2.41. The molecule has 106 valence electrons. The van der Waals surface area contributed by atoms with Crippen molar-refractivity contribution in [1.29, 1.82) is 0 Å². The fourth-order valence-corrected chi connectivity index (χ4v) is 4.17. The molecule has 4 unspecified atom stereocenters. The lowest BCUT2D eigenvalue weighted by Gasteiger charge is -2.37. The zero-order valence-corrected chi connectivity index (χ0v) is 12.5. The van der Waals surface area contributed by atoms with E-state index in [9.17, 15) is 0 Å². The summed E-state index contributed by atoms with van der Waals surface area (Å²) < 4.78 is 5.54. The highest BCUT2D eigenvalue weighted by molar-refractivity contribution is 4.85. The summed E-state index contributed by atoms with van der Waals surface area (Å²) in [6.45, 7) is 10.2. The van der Waals surface area contributed by atoms with Gasteiger partial charge in [0.25, 0.3) is 0 Å². The molecule has 18 heavy (non-hydrogen) atoms. The zero-order valence-electron chi connectivity index (χ0n) is 12.5. The molecule has 2 heteroatoms. The van der Waals surface area contributed by atoms with E-state index in [2.05, 4.69) is 26.1 Å². The smallest absolute Gasteiger partial charge is 0.0495 e. The molecule has 1 saturated heterocycles. The van der Waals surface area contributed by atoms with Gasteiger partial charge in [-0.25, -0.2) is 0 Å². The molecule has 0 bridgehead atoms. The van der Waals surface area contributed by atoms with Crippen molar-refractivity contribution in [1.82, 2.24) is 5.32 Å². The highest BCUT2D eigenvalue weighted by Gasteiger charge is 2.31. The van der Waals surface area contributed by atoms with Crippen LogP contribution in [0.15, 0.2) is 0 Å². The van der Waals surface area contributed by atoms with E-state index in [0.717, 1.165) is 49.5 Å². The van der Waals surface area contributed by atoms with Crippen LogP contribution in [0.1, 0.15) is 52.9 Å². The molecule has 0 radical (unpaired) electrons. The van der Waals surface area contributed by atoms with Crippen LogP contribution >= 0.6 is 0 Å². The van der Waals surface area contributed by atoms with Gasteiger partial charge in [-0.2, -0.15) is 0 Å². The van der Waals surface area contributed by atoms with Crippen molar-refractivity contribution in [2.75, 3.05) is 19.8 Å². The molecule has 2 fully saturated rings. The first-order valence-corrected chi connectivity index (χ1v) is 8.00. The van der Waals surface area contributed by atoms with E-state index < -0.39 is 0 Å². The van der Waals surface area contributed by atoms with Gasteiger partial charge >= 0.3 is 0 Å². The summed E-state index contributed by atoms with van der Waals surface area (Å²) in [4.78, 5) is 0. The van der Waals surface area contributed by atoms with Gasteiger partial charge in [0, 0.05) is 19.3 Å². The van der Waals surface area contributed by atoms with E-state index in [1.54, 1.807) is 0 Å². The Kier molecular flexibility index (Phi) is 5.50. The van der Waals surface area contributed by atoms with Gasteiger partial charge in [-0.1, -0.05) is 20.8 Å². The molecule has 0 aromatic rings. The summed E-state index contributed by atoms with van der Waals surface area (Å²) in [5, 5.41) is 3.76. The minimum absolute atomic E-state index is 0.729. The average Bonchev–Trinajstić information content (AvgIpc) is 2.80. The largest absolute Gasteiger partial charge is 0.381 e. The Bertz CT molecular complexity index is 227. The summed E-state index contributed by atoms with van der Waals surface area (Å²) in [6.07, 6.45) is 6.89. The Balaban J connectivity index is 1.90. The molecule has 4 atom stereocenters. The quantitative estimate of drug-likeness (QED) is 0.810. The SMILES string of the molecule is CCNC(CC1CCOC1)C1CC(C)CC(C)C1. The maximum atomic E-state index is 5.54. The summed E-state index contributed by atoms with van der Waals surface area (Å²) in [7, 11) is 0. The standard InChI is InChI=1S/C16H31NO/c1-4-17-16(10-14-5-6-18-11-14)15-8-12(2)7-13(3)9-15/h12-17H,4-11H2,1-3H3. The fourth-order valence-electron chi connectivity index (χ4n) is 4.17. The topological polar surface area (TPSA) is 21.3 Å². The molecule has 0 spiro atoms. The first kappa shape index (κ1) is 14.3. The summed E-state index contributed by atoms with van der Waals surface area (Å²) in [5.74, 6) is 3.53. The first-order valence-electron chi connectivity index (χ1n) is 8.00. The van der Waals surface area contributed by atoms with Crippen LogP contribution in [0.4, 0.5) is 0 Å². The van der Waals surface area contributed by atoms with Gasteiger partial charge in [-0.15, -0.1) is 0 Å². The molecule has 2 rings (SSSR count). The molecule has 1 saturated carbocycles. The molecule has 1 aliphatic carbocycles. The number of ether oxygens (including phenoxy) is 1. The Morgan fingerprint density at radius 1 is 1.17 bits per heavy atom. The molecule has 0 aromatic heterocycles. The maximum absolute atomic E-state index is 5.54. The highest BCUT2D eigenvalue weighted by Crippen LogP contribution is 2.36. The molecule has 0 amide bonds. The second-order valence-electron chi connectivity index (χ2n) is 6.81. The Hall–Kier alpha value is -0.0800. The predicted octanol–water partition coefficient (Wildman–Crippen LogP) is 3.46. The zero-order chi connectivity index (χ0) is 13.0. The van der Waals surface area contributed by atoms with Crippen LogP contribution in [0.2, 0.25) is 0 Å². The van der Waals surface area contributed by atoms with Crippen LogP contribution in [-0.4, -0.2) is 25.8 Å². The van der Waals surface area contributed by atoms with Crippen molar-refractivity contribution in [3.8, 4) is 0 Å². The molecule has 1 N–H and O–H groups in total. The lowest BCUT2D eigenvalue weighted by molar-refractivity contribution is 0.149. The second-order valence-corrected chi connectivity index (χ2v) is 6.81. The van der Waals surface area contributed by atoms with Gasteiger partial charge in [0.2, 0.25) is 0 Å². The normalized spacial score (nSPS) is 38.8. The average molecular weight is 253 g/mol. The Morgan fingerprint density at radius 2 is 1.89 bits per heavy atom. The van der Waals surface area contributed by atoms with Crippen molar-refractivity contribution in [3.05, 3.63) is 0 Å². The highest BCUT2D eigenvalue weighted by atomic mass is 16.5. The minimum Gasteiger partial charge on any atom is -0.381 e. The summed E-state index contributed by atoms with van der Waals surface area (Å²) >= 11 is 0. The van der Waals surface area contributed by atoms with Crippen LogP contribution in [0, 0.1) is 23.7 Å². The van der Waals surface area contributed by atoms with E-state index in [1.807, 2.05) is 0 Å². The van der Waals surface area contributed by atoms with E-state index >= 15 is 0 Å². The molecule has 2 aliphatic rings. The Morgan fingerprint density at radius 3 is 2.44 bits per heavy atom. The molecule has 1 aliphatic heterocycles. The maximum Gasteiger partial charge on any atom is 0.0495 e. The van der Waals surface area contributed by atoms with Gasteiger partial charge in [0.15, 0.2) is 0 Å². The third-order valence-corrected chi connectivity index (χ3v) is 4.86. The van der Waals surface area contributed by atoms with Crippen LogP contribution < -0.4 is 5.32 Å². The first-order chi connectivity index (χ1) is 8.69. The van der Waals surface area contributed by atoms with E-state index in [4.69, 9.17) is 4.74 Å². The molecular weight excluding hydrogens is 222 g/mol. The molecule has 1 heterocycles. The van der Waals surface area contributed by atoms with Crippen LogP contribution in [0.5, 0.6) is 0 Å². The summed E-state index contributed by atoms with van der Waals surface area (Å²) in [6, 6.07) is 0.729. The van der Waals surface area contributed by atoms with E-state index in [0.29, 0.717) is 0 Å². The molecule has 2 nitrogen and oxygen atoms in total. The second kappa shape index (κ2) is 6.91. The Labute approximate surface area is 113 Å². The number of hydrogen-bond acceptors (Lipinski definition) is 2. The third-order valence-electron chi connectivity index (χ3n) is 4.86. The van der Waals surface area contributed by atoms with Crippen molar-refractivity contribution >= 4 is 0 Å². The van der Waals surface area contributed by atoms with Crippen molar-refractivity contribution in [2.45, 2.75) is 58.9 Å².